The first-order valence-electron chi connectivity index (χ1n) is 5.97. The van der Waals surface area contributed by atoms with Gasteiger partial charge in [0.2, 0.25) is 0 Å². The number of benzene rings is 1. The largest absolute Gasteiger partial charge is 0.0829 e. The number of fused-ring (bicyclic) bond motifs is 1. The molecule has 1 aliphatic carbocycles. The second-order valence-corrected chi connectivity index (χ2v) is 5.08. The summed E-state index contributed by atoms with van der Waals surface area (Å²) < 4.78 is 0. The highest BCUT2D eigenvalue weighted by Crippen LogP contribution is 2.49. The summed E-state index contributed by atoms with van der Waals surface area (Å²) in [6, 6.07) is 6.80. The van der Waals surface area contributed by atoms with Crippen molar-refractivity contribution in [3.8, 4) is 0 Å². The van der Waals surface area contributed by atoms with Gasteiger partial charge >= 0.3 is 0 Å². The van der Waals surface area contributed by atoms with E-state index in [9.17, 15) is 0 Å². The lowest BCUT2D eigenvalue weighted by molar-refractivity contribution is 0.659. The first kappa shape index (κ1) is 11.2. The van der Waals surface area contributed by atoms with Gasteiger partial charge < -0.3 is 0 Å². The summed E-state index contributed by atoms with van der Waals surface area (Å²) in [7, 11) is 0. The number of rotatable bonds is 0. The molecule has 1 aromatic rings. The van der Waals surface area contributed by atoms with E-state index in [1.165, 1.54) is 27.8 Å². The first-order chi connectivity index (χ1) is 7.52. The number of hydrogen-bond acceptors (Lipinski definition) is 0. The Bertz CT molecular complexity index is 485. The molecular formula is C16H20. The van der Waals surface area contributed by atoms with Gasteiger partial charge in [-0.3, -0.25) is 0 Å². The molecule has 0 fully saturated rings. The Kier molecular flexibility index (Phi) is 2.53. The van der Waals surface area contributed by atoms with E-state index in [0.29, 0.717) is 0 Å². The van der Waals surface area contributed by atoms with E-state index < -0.39 is 0 Å². The molecule has 84 valence electrons. The van der Waals surface area contributed by atoms with E-state index in [1.807, 2.05) is 0 Å². The van der Waals surface area contributed by atoms with E-state index in [0.717, 1.165) is 0 Å². The van der Waals surface area contributed by atoms with Gasteiger partial charge in [0.25, 0.3) is 0 Å². The van der Waals surface area contributed by atoms with Crippen LogP contribution in [-0.4, -0.2) is 0 Å². The molecule has 0 saturated carbocycles. The van der Waals surface area contributed by atoms with E-state index >= 15 is 0 Å². The summed E-state index contributed by atoms with van der Waals surface area (Å²) in [5.74, 6) is 0. The predicted octanol–water partition coefficient (Wildman–Crippen LogP) is 4.64. The maximum atomic E-state index is 2.33. The minimum atomic E-state index is 0.151. The molecule has 0 bridgehead atoms. The van der Waals surface area contributed by atoms with Gasteiger partial charge in [0.05, 0.1) is 0 Å². The predicted molar refractivity (Wildman–Crippen MR) is 71.6 cm³/mol. The zero-order valence-corrected chi connectivity index (χ0v) is 10.9. The lowest BCUT2D eigenvalue weighted by atomic mass is 9.82. The zero-order valence-electron chi connectivity index (χ0n) is 10.9. The van der Waals surface area contributed by atoms with Gasteiger partial charge in [-0.05, 0) is 43.0 Å². The van der Waals surface area contributed by atoms with Crippen LogP contribution in [0, 0.1) is 6.92 Å². The van der Waals surface area contributed by atoms with Crippen molar-refractivity contribution < 1.29 is 0 Å². The maximum Gasteiger partial charge on any atom is 0.0155 e. The van der Waals surface area contributed by atoms with E-state index in [-0.39, 0.29) is 5.41 Å². The second kappa shape index (κ2) is 3.62. The fourth-order valence-electron chi connectivity index (χ4n) is 2.86. The van der Waals surface area contributed by atoms with Gasteiger partial charge in [0.1, 0.15) is 0 Å². The molecule has 1 aliphatic rings. The highest BCUT2D eigenvalue weighted by atomic mass is 14.4. The van der Waals surface area contributed by atoms with Crippen LogP contribution in [0.4, 0.5) is 0 Å². The SMILES string of the molecule is C/C=C1\C(=C/C)c2ccc(C)cc2C1(C)C. The highest BCUT2D eigenvalue weighted by molar-refractivity contribution is 5.89. The van der Waals surface area contributed by atoms with Crippen molar-refractivity contribution in [2.45, 2.75) is 40.0 Å². The molecule has 0 atom stereocenters. The van der Waals surface area contributed by atoms with Crippen LogP contribution in [0.1, 0.15) is 44.4 Å². The lowest BCUT2D eigenvalue weighted by Gasteiger charge is -2.22. The van der Waals surface area contributed by atoms with Crippen LogP contribution < -0.4 is 0 Å². The van der Waals surface area contributed by atoms with Crippen molar-refractivity contribution in [3.63, 3.8) is 0 Å². The summed E-state index contributed by atoms with van der Waals surface area (Å²) in [5.41, 5.74) is 7.23. The van der Waals surface area contributed by atoms with Crippen LogP contribution in [0.5, 0.6) is 0 Å². The standard InChI is InChI=1S/C16H20/c1-6-12-13-9-8-11(3)10-15(13)16(4,5)14(12)7-2/h6-10H,1-5H3/b12-6-,14-7+. The molecule has 2 rings (SSSR count). The summed E-state index contributed by atoms with van der Waals surface area (Å²) in [4.78, 5) is 0. The smallest absolute Gasteiger partial charge is 0.0155 e. The van der Waals surface area contributed by atoms with Crippen molar-refractivity contribution in [1.82, 2.24) is 0 Å². The van der Waals surface area contributed by atoms with Crippen LogP contribution in [0.3, 0.4) is 0 Å². The Morgan fingerprint density at radius 2 is 1.75 bits per heavy atom. The molecule has 16 heavy (non-hydrogen) atoms. The van der Waals surface area contributed by atoms with E-state index in [4.69, 9.17) is 0 Å². The molecule has 0 aromatic heterocycles. The average molecular weight is 212 g/mol. The molecule has 0 spiro atoms. The van der Waals surface area contributed by atoms with Crippen LogP contribution in [0.25, 0.3) is 5.57 Å². The molecule has 0 aliphatic heterocycles. The van der Waals surface area contributed by atoms with Gasteiger partial charge in [-0.1, -0.05) is 49.8 Å². The number of allylic oxidation sites excluding steroid dienone is 4. The molecule has 0 N–H and O–H groups in total. The van der Waals surface area contributed by atoms with Gasteiger partial charge in [-0.2, -0.15) is 0 Å². The van der Waals surface area contributed by atoms with Crippen LogP contribution in [-0.2, 0) is 5.41 Å². The Morgan fingerprint density at radius 1 is 1.06 bits per heavy atom. The van der Waals surface area contributed by atoms with E-state index in [2.05, 4.69) is 65.0 Å². The third-order valence-corrected chi connectivity index (χ3v) is 3.68. The van der Waals surface area contributed by atoms with Crippen LogP contribution >= 0.6 is 0 Å². The molecular weight excluding hydrogens is 192 g/mol. The van der Waals surface area contributed by atoms with Crippen molar-refractivity contribution in [2.75, 3.05) is 0 Å². The molecule has 0 saturated heterocycles. The monoisotopic (exact) mass is 212 g/mol. The highest BCUT2D eigenvalue weighted by Gasteiger charge is 2.36. The zero-order chi connectivity index (χ0) is 11.9. The molecule has 0 amide bonds. The maximum absolute atomic E-state index is 2.33. The van der Waals surface area contributed by atoms with Crippen molar-refractivity contribution in [2.24, 2.45) is 0 Å². The van der Waals surface area contributed by atoms with Gasteiger partial charge in [0.15, 0.2) is 0 Å². The molecule has 0 nitrogen and oxygen atoms in total. The van der Waals surface area contributed by atoms with Crippen LogP contribution in [0.15, 0.2) is 35.9 Å². The fourth-order valence-corrected chi connectivity index (χ4v) is 2.86. The molecule has 1 aromatic carbocycles. The summed E-state index contributed by atoms with van der Waals surface area (Å²) in [6.45, 7) is 11.1. The van der Waals surface area contributed by atoms with E-state index in [1.54, 1.807) is 0 Å². The minimum absolute atomic E-state index is 0.151. The summed E-state index contributed by atoms with van der Waals surface area (Å²) in [6.07, 6.45) is 4.49. The third kappa shape index (κ3) is 1.36. The minimum Gasteiger partial charge on any atom is -0.0829 e. The summed E-state index contributed by atoms with van der Waals surface area (Å²) >= 11 is 0. The number of aryl methyl sites for hydroxylation is 1. The first-order valence-corrected chi connectivity index (χ1v) is 5.97. The lowest BCUT2D eigenvalue weighted by Crippen LogP contribution is -2.15. The van der Waals surface area contributed by atoms with Crippen LogP contribution in [0.2, 0.25) is 0 Å². The molecule has 0 heteroatoms. The fraction of sp³-hybridized carbons (Fsp3) is 0.375. The van der Waals surface area contributed by atoms with Crippen molar-refractivity contribution in [1.29, 1.82) is 0 Å². The van der Waals surface area contributed by atoms with Gasteiger partial charge in [0, 0.05) is 5.41 Å². The third-order valence-electron chi connectivity index (χ3n) is 3.68. The Labute approximate surface area is 98.7 Å². The topological polar surface area (TPSA) is 0 Å². The van der Waals surface area contributed by atoms with Crippen molar-refractivity contribution >= 4 is 5.57 Å². The molecule has 0 radical (unpaired) electrons. The van der Waals surface area contributed by atoms with Gasteiger partial charge in [-0.15, -0.1) is 0 Å². The second-order valence-electron chi connectivity index (χ2n) is 5.08. The van der Waals surface area contributed by atoms with Gasteiger partial charge in [-0.25, -0.2) is 0 Å². The van der Waals surface area contributed by atoms with Crippen molar-refractivity contribution in [3.05, 3.63) is 52.6 Å². The Hall–Kier alpha value is -1.30. The average Bonchev–Trinajstić information content (AvgIpc) is 2.46. The normalized spacial score (nSPS) is 22.8. The Morgan fingerprint density at radius 3 is 2.31 bits per heavy atom. The Balaban J connectivity index is 2.78. The molecule has 0 unspecified atom stereocenters. The number of hydrogen-bond donors (Lipinski definition) is 0. The molecule has 0 heterocycles. The quantitative estimate of drug-likeness (QED) is 0.588. The summed E-state index contributed by atoms with van der Waals surface area (Å²) in [5, 5.41) is 0.